The quantitative estimate of drug-likeness (QED) is 0.698. The molecule has 0 spiro atoms. The van der Waals surface area contributed by atoms with E-state index >= 15 is 0 Å². The fraction of sp³-hybridized carbons (Fsp3) is 0.533. The zero-order valence-electron chi connectivity index (χ0n) is 13.2. The van der Waals surface area contributed by atoms with E-state index in [-0.39, 0.29) is 11.7 Å². The van der Waals surface area contributed by atoms with Crippen molar-refractivity contribution in [3.8, 4) is 0 Å². The molecular weight excluding hydrogens is 304 g/mol. The summed E-state index contributed by atoms with van der Waals surface area (Å²) >= 11 is 0. The van der Waals surface area contributed by atoms with Crippen molar-refractivity contribution in [3.05, 3.63) is 35.9 Å². The van der Waals surface area contributed by atoms with Gasteiger partial charge in [-0.1, -0.05) is 30.3 Å². The number of rotatable bonds is 9. The summed E-state index contributed by atoms with van der Waals surface area (Å²) < 4.78 is 31.9. The molecular formula is C15H24N2O4S. The second-order valence-electron chi connectivity index (χ2n) is 5.06. The van der Waals surface area contributed by atoms with Gasteiger partial charge in [0, 0.05) is 13.7 Å². The highest BCUT2D eigenvalue weighted by Gasteiger charge is 2.23. The lowest BCUT2D eigenvalue weighted by Gasteiger charge is -2.18. The highest BCUT2D eigenvalue weighted by atomic mass is 32.2. The van der Waals surface area contributed by atoms with Crippen LogP contribution in [0.3, 0.4) is 0 Å². The summed E-state index contributed by atoms with van der Waals surface area (Å²) in [6.07, 6.45) is 0.0229. The minimum atomic E-state index is -3.61. The molecule has 1 aromatic rings. The highest BCUT2D eigenvalue weighted by molar-refractivity contribution is 7.89. The van der Waals surface area contributed by atoms with Gasteiger partial charge in [-0.05, 0) is 25.8 Å². The first-order chi connectivity index (χ1) is 10.4. The predicted molar refractivity (Wildman–Crippen MR) is 86.0 cm³/mol. The number of benzene rings is 1. The number of sulfonamides is 1. The van der Waals surface area contributed by atoms with Gasteiger partial charge in [0.05, 0.1) is 17.9 Å². The van der Waals surface area contributed by atoms with E-state index in [0.29, 0.717) is 13.0 Å². The van der Waals surface area contributed by atoms with E-state index in [2.05, 4.69) is 10.0 Å². The molecule has 2 N–H and O–H groups in total. The molecule has 0 aromatic heterocycles. The Balaban J connectivity index is 2.62. The average Bonchev–Trinajstić information content (AvgIpc) is 2.47. The molecule has 0 radical (unpaired) electrons. The Kier molecular flexibility index (Phi) is 7.50. The molecule has 0 aliphatic rings. The van der Waals surface area contributed by atoms with E-state index in [4.69, 9.17) is 4.74 Å². The van der Waals surface area contributed by atoms with E-state index < -0.39 is 22.2 Å². The van der Waals surface area contributed by atoms with Gasteiger partial charge in [0.25, 0.3) is 0 Å². The smallest absolute Gasteiger partial charge is 0.237 e. The number of nitrogens with one attached hydrogen (secondary N) is 2. The zero-order chi connectivity index (χ0) is 16.6. The van der Waals surface area contributed by atoms with E-state index in [1.54, 1.807) is 6.92 Å². The lowest BCUT2D eigenvalue weighted by molar-refractivity contribution is -0.122. The molecule has 0 saturated heterocycles. The van der Waals surface area contributed by atoms with Crippen LogP contribution in [0.4, 0.5) is 0 Å². The largest absolute Gasteiger partial charge is 0.380 e. The Bertz CT molecular complexity index is 560. The van der Waals surface area contributed by atoms with Crippen LogP contribution in [0.5, 0.6) is 0 Å². The molecule has 7 heteroatoms. The maximum absolute atomic E-state index is 12.1. The van der Waals surface area contributed by atoms with Crippen LogP contribution in [0.25, 0.3) is 0 Å². The SMILES string of the molecule is CCNC(=O)C(C)NS(=O)(=O)CC(Cc1ccccc1)OC. The average molecular weight is 328 g/mol. The van der Waals surface area contributed by atoms with Crippen LogP contribution in [0.1, 0.15) is 19.4 Å². The minimum Gasteiger partial charge on any atom is -0.380 e. The zero-order valence-corrected chi connectivity index (χ0v) is 14.0. The Morgan fingerprint density at radius 1 is 1.27 bits per heavy atom. The molecule has 124 valence electrons. The van der Waals surface area contributed by atoms with Gasteiger partial charge in [-0.3, -0.25) is 4.79 Å². The van der Waals surface area contributed by atoms with Crippen molar-refractivity contribution >= 4 is 15.9 Å². The Hall–Kier alpha value is -1.44. The van der Waals surface area contributed by atoms with Gasteiger partial charge in [0.15, 0.2) is 0 Å². The number of amides is 1. The Morgan fingerprint density at radius 3 is 2.45 bits per heavy atom. The van der Waals surface area contributed by atoms with Crippen LogP contribution in [0.2, 0.25) is 0 Å². The van der Waals surface area contributed by atoms with Crippen molar-refractivity contribution in [2.45, 2.75) is 32.4 Å². The van der Waals surface area contributed by atoms with Gasteiger partial charge < -0.3 is 10.1 Å². The minimum absolute atomic E-state index is 0.192. The lowest BCUT2D eigenvalue weighted by Crippen LogP contribution is -2.46. The van der Waals surface area contributed by atoms with Gasteiger partial charge in [-0.25, -0.2) is 13.1 Å². The van der Waals surface area contributed by atoms with Gasteiger partial charge in [-0.2, -0.15) is 0 Å². The number of carbonyl (C=O) groups is 1. The molecule has 2 unspecified atom stereocenters. The summed E-state index contributed by atoms with van der Waals surface area (Å²) in [4.78, 5) is 11.6. The molecule has 0 saturated carbocycles. The van der Waals surface area contributed by atoms with Crippen LogP contribution < -0.4 is 10.0 Å². The molecule has 0 heterocycles. The van der Waals surface area contributed by atoms with Crippen molar-refractivity contribution < 1.29 is 17.9 Å². The van der Waals surface area contributed by atoms with Crippen molar-refractivity contribution in [1.29, 1.82) is 0 Å². The molecule has 1 aromatic carbocycles. The molecule has 0 fully saturated rings. The molecule has 1 rings (SSSR count). The van der Waals surface area contributed by atoms with Crippen LogP contribution >= 0.6 is 0 Å². The summed E-state index contributed by atoms with van der Waals surface area (Å²) in [6, 6.07) is 8.72. The summed E-state index contributed by atoms with van der Waals surface area (Å²) in [7, 11) is -2.13. The first kappa shape index (κ1) is 18.6. The predicted octanol–water partition coefficient (Wildman–Crippen LogP) is 0.688. The third-order valence-corrected chi connectivity index (χ3v) is 4.67. The Morgan fingerprint density at radius 2 is 1.91 bits per heavy atom. The second kappa shape index (κ2) is 8.87. The van der Waals surface area contributed by atoms with Crippen LogP contribution in [0, 0.1) is 0 Å². The number of hydrogen-bond donors (Lipinski definition) is 2. The van der Waals surface area contributed by atoms with Crippen LogP contribution in [0.15, 0.2) is 30.3 Å². The fourth-order valence-corrected chi connectivity index (χ4v) is 3.52. The standard InChI is InChI=1S/C15H24N2O4S/c1-4-16-15(18)12(2)17-22(19,20)11-14(21-3)10-13-8-6-5-7-9-13/h5-9,12,14,17H,4,10-11H2,1-3H3,(H,16,18). The second-order valence-corrected chi connectivity index (χ2v) is 6.86. The number of ether oxygens (including phenoxy) is 1. The van der Waals surface area contributed by atoms with Crippen LogP contribution in [-0.2, 0) is 26.0 Å². The maximum Gasteiger partial charge on any atom is 0.237 e. The summed E-state index contributed by atoms with van der Waals surface area (Å²) in [5.41, 5.74) is 1.00. The van der Waals surface area contributed by atoms with Gasteiger partial charge in [0.1, 0.15) is 0 Å². The van der Waals surface area contributed by atoms with E-state index in [1.807, 2.05) is 30.3 Å². The summed E-state index contributed by atoms with van der Waals surface area (Å²) in [5.74, 6) is -0.537. The van der Waals surface area contributed by atoms with E-state index in [1.165, 1.54) is 14.0 Å². The third kappa shape index (κ3) is 6.55. The van der Waals surface area contributed by atoms with Gasteiger partial charge in [0.2, 0.25) is 15.9 Å². The molecule has 1 amide bonds. The molecule has 0 aliphatic heterocycles. The molecule has 0 bridgehead atoms. The maximum atomic E-state index is 12.1. The monoisotopic (exact) mass is 328 g/mol. The van der Waals surface area contributed by atoms with Crippen molar-refractivity contribution in [3.63, 3.8) is 0 Å². The normalized spacial score (nSPS) is 14.3. The van der Waals surface area contributed by atoms with E-state index in [9.17, 15) is 13.2 Å². The first-order valence-corrected chi connectivity index (χ1v) is 8.87. The lowest BCUT2D eigenvalue weighted by atomic mass is 10.1. The summed E-state index contributed by atoms with van der Waals surface area (Å²) in [6.45, 7) is 3.75. The third-order valence-electron chi connectivity index (χ3n) is 3.15. The fourth-order valence-electron chi connectivity index (χ4n) is 2.03. The molecule has 6 nitrogen and oxygen atoms in total. The van der Waals surface area contributed by atoms with Gasteiger partial charge >= 0.3 is 0 Å². The van der Waals surface area contributed by atoms with Crippen molar-refractivity contribution in [1.82, 2.24) is 10.0 Å². The topological polar surface area (TPSA) is 84.5 Å². The van der Waals surface area contributed by atoms with Gasteiger partial charge in [-0.15, -0.1) is 0 Å². The number of likely N-dealkylation sites (N-methyl/N-ethyl adjacent to an activating group) is 1. The van der Waals surface area contributed by atoms with E-state index in [0.717, 1.165) is 5.56 Å². The van der Waals surface area contributed by atoms with Crippen LogP contribution in [-0.4, -0.2) is 45.9 Å². The number of hydrogen-bond acceptors (Lipinski definition) is 4. The summed E-state index contributed by atoms with van der Waals surface area (Å²) in [5, 5.41) is 2.58. The molecule has 22 heavy (non-hydrogen) atoms. The molecule has 0 aliphatic carbocycles. The first-order valence-electron chi connectivity index (χ1n) is 7.22. The van der Waals surface area contributed by atoms with Crippen molar-refractivity contribution in [2.75, 3.05) is 19.4 Å². The molecule has 2 atom stereocenters. The number of methoxy groups -OCH3 is 1. The Labute approximate surface area is 132 Å². The highest BCUT2D eigenvalue weighted by Crippen LogP contribution is 2.07. The number of carbonyl (C=O) groups excluding carboxylic acids is 1. The van der Waals surface area contributed by atoms with Crippen molar-refractivity contribution in [2.24, 2.45) is 0 Å².